The third-order valence-corrected chi connectivity index (χ3v) is 30.0. The number of hydrogen-bond acceptors (Lipinski definition) is 23. The van der Waals surface area contributed by atoms with Crippen molar-refractivity contribution in [3.8, 4) is 28.5 Å². The lowest BCUT2D eigenvalue weighted by molar-refractivity contribution is -0.184. The fourth-order valence-corrected chi connectivity index (χ4v) is 20.5. The molecular weight excluding hydrogens is 2040 g/mol. The van der Waals surface area contributed by atoms with Crippen molar-refractivity contribution in [2.45, 2.75) is 115 Å². The predicted octanol–water partition coefficient (Wildman–Crippen LogP) is 12.2. The SMILES string of the molecule is Cc1c(=O)n(C)c(Nc2ccc(I)cc2F)c2c(=O)n(C)c(=O)n(-c3cccc(OC4COC4)c3)c12.Cc1ccc(Nc2c3c(=O)n(C)c(=O)n(-c4cccc(C5(O)COC5)c4)c3c(C)c(=O)n2C)c(F)c1.Cc1ccc(Nc2c3c(=O)n(C)c(=O)n(-c4cccc(S(=O)(=O)C5CC5)c4)c3c(C)c(=O)n2C)c(F)c1.Cc1ccc(Nc2c3c(=O)n(C4CC4)c(=O)n(-c4cccc(C(=O)C5CC5)c4)c3c(C)c(=O)n2C)c(F)c1. The van der Waals surface area contributed by atoms with Crippen LogP contribution in [0.5, 0.6) is 5.75 Å². The van der Waals surface area contributed by atoms with Gasteiger partial charge in [-0.1, -0.05) is 54.6 Å². The molecule has 5 aliphatic rings. The molecule has 8 aromatic carbocycles. The van der Waals surface area contributed by atoms with Crippen LogP contribution in [0.4, 0.5) is 63.6 Å². The summed E-state index contributed by atoms with van der Waals surface area (Å²) in [5.74, 6) is -1.44. The van der Waals surface area contributed by atoms with Gasteiger partial charge in [0.05, 0.1) is 104 Å². The number of aromatic nitrogens is 12. The number of nitrogens with one attached hydrogen (secondary N) is 4. The maximum atomic E-state index is 14.8. The molecule has 0 unspecified atom stereocenters. The van der Waals surface area contributed by atoms with Crippen LogP contribution in [0.3, 0.4) is 0 Å². The zero-order valence-electron chi connectivity index (χ0n) is 82.0. The molecule has 5 N–H and O–H groups in total. The summed E-state index contributed by atoms with van der Waals surface area (Å²) in [6.45, 7) is 12.6. The number of sulfone groups is 1. The Labute approximate surface area is 845 Å². The Morgan fingerprint density at radius 1 is 0.395 bits per heavy atom. The summed E-state index contributed by atoms with van der Waals surface area (Å²) in [6, 6.07) is 44.2. The van der Waals surface area contributed by atoms with Crippen molar-refractivity contribution in [1.29, 1.82) is 0 Å². The predicted molar refractivity (Wildman–Crippen MR) is 559 cm³/mol. The lowest BCUT2D eigenvalue weighted by atomic mass is 9.92. The minimum atomic E-state index is -3.57. The van der Waals surface area contributed by atoms with E-state index in [9.17, 15) is 93.4 Å². The van der Waals surface area contributed by atoms with E-state index in [2.05, 4.69) is 21.3 Å². The second-order valence-corrected chi connectivity index (χ2v) is 41.0. The zero-order chi connectivity index (χ0) is 105. The standard InChI is InChI=1S/C29H27FN4O4.C26H25FN4O5S.C26H25FN4O5.C25H22FIN4O5/c1-15-7-12-22(21(30)13-15)31-26-23-24(16(2)27(36)32(26)3)33(29(38)34(28(23)37)19-10-11-19)20-6-4-5-18(14-20)25(35)17-8-9-17;1-14-8-11-20(19(27)12-14)28-23-21-22(15(2)24(32)29(23)3)31(26(34)30(4)25(21)33)16-6-5-7-18(13-16)37(35,36)17-9-10-17;1-14-8-9-19(18(27)10-14)28-22-20-21(15(2)23(32)29(22)3)31(25(34)30(4)24(20)33)17-7-5-6-16(11-17)26(35)12-36-13-26;1-13-21-20(22(29(2)23(13)32)28-19-8-7-14(27)9-18(19)26)24(33)30(3)25(34)31(21)15-5-4-6-16(10-15)36-17-11-35-12-17/h4-7,12-14,17,19,31H,8-11H2,1-3H3;5-8,11-13,17,28H,9-10H2,1-4H3;5-11,28,35H,12-13H2,1-4H3;4-10,17,28H,11-12H2,1-3H3. The van der Waals surface area contributed by atoms with E-state index in [1.54, 1.807) is 144 Å². The van der Waals surface area contributed by atoms with Crippen LogP contribution in [0.2, 0.25) is 0 Å². The third kappa shape index (κ3) is 18.4. The number of aryl methyl sites for hydroxylation is 7. The summed E-state index contributed by atoms with van der Waals surface area (Å²) in [6.07, 6.45) is 4.13. The average molecular weight is 2140 g/mol. The lowest BCUT2D eigenvalue weighted by Crippen LogP contribution is -2.46. The first-order valence-corrected chi connectivity index (χ1v) is 49.5. The molecule has 10 heterocycles. The summed E-state index contributed by atoms with van der Waals surface area (Å²) in [5.41, 5.74) is -2.16. The van der Waals surface area contributed by atoms with Crippen molar-refractivity contribution in [2.24, 2.45) is 55.3 Å². The largest absolute Gasteiger partial charge is 0.486 e. The number of carbonyl (C=O) groups is 1. The molecule has 41 heteroatoms. The van der Waals surface area contributed by atoms with Gasteiger partial charge in [0, 0.05) is 98.7 Å². The Balaban J connectivity index is 0.000000128. The number of anilines is 8. The molecule has 5 fully saturated rings. The quantitative estimate of drug-likeness (QED) is 0.0269. The first-order chi connectivity index (χ1) is 69.8. The molecule has 3 aliphatic carbocycles. The van der Waals surface area contributed by atoms with E-state index in [1.807, 2.05) is 22.6 Å². The second kappa shape index (κ2) is 39.0. The van der Waals surface area contributed by atoms with Gasteiger partial charge in [0.25, 0.3) is 44.5 Å². The normalized spacial score (nSPS) is 14.3. The minimum absolute atomic E-state index is 0.00413. The Kier molecular flexibility index (Phi) is 26.9. The van der Waals surface area contributed by atoms with Crippen molar-refractivity contribution in [3.05, 3.63) is 372 Å². The van der Waals surface area contributed by atoms with Gasteiger partial charge in [-0.15, -0.1) is 0 Å². The van der Waals surface area contributed by atoms with Crippen LogP contribution in [-0.4, -0.2) is 112 Å². The van der Waals surface area contributed by atoms with E-state index >= 15 is 0 Å². The number of Topliss-reactive ketones (excluding diaryl/α,β-unsaturated/α-hetero) is 1. The Bertz CT molecular complexity index is 9290. The molecule has 0 amide bonds. The average Bonchev–Trinajstić information content (AvgIpc) is 0.994. The van der Waals surface area contributed by atoms with Gasteiger partial charge in [-0.05, 0) is 241 Å². The van der Waals surface area contributed by atoms with Crippen molar-refractivity contribution >= 4 is 128 Å². The number of fused-ring (bicyclic) bond motifs is 4. The number of ether oxygens (including phenoxy) is 3. The fraction of sp³-hybridized carbons (Fsp3) is 0.274. The van der Waals surface area contributed by atoms with Gasteiger partial charge >= 0.3 is 22.8 Å². The van der Waals surface area contributed by atoms with Crippen LogP contribution in [0, 0.1) is 81.2 Å². The topological polar surface area (TPSA) is 411 Å². The van der Waals surface area contributed by atoms with Crippen molar-refractivity contribution in [1.82, 2.24) is 54.8 Å². The molecular formula is C106H99F4IN16O19S. The lowest BCUT2D eigenvalue weighted by Gasteiger charge is -2.37. The highest BCUT2D eigenvalue weighted by atomic mass is 127. The third-order valence-electron chi connectivity index (χ3n) is 27.1. The van der Waals surface area contributed by atoms with Crippen molar-refractivity contribution < 1.29 is 50.1 Å². The molecule has 0 bridgehead atoms. The van der Waals surface area contributed by atoms with E-state index in [1.165, 1.54) is 160 Å². The first kappa shape index (κ1) is 101. The molecule has 8 aromatic heterocycles. The maximum Gasteiger partial charge on any atom is 0.336 e. The van der Waals surface area contributed by atoms with Crippen molar-refractivity contribution in [3.63, 3.8) is 0 Å². The Morgan fingerprint density at radius 2 is 0.755 bits per heavy atom. The van der Waals surface area contributed by atoms with Crippen LogP contribution >= 0.6 is 22.6 Å². The number of benzene rings is 8. The summed E-state index contributed by atoms with van der Waals surface area (Å²) in [4.78, 5) is 174. The summed E-state index contributed by atoms with van der Waals surface area (Å²) in [7, 11) is 6.35. The molecule has 0 spiro atoms. The number of nitrogens with zero attached hydrogens (tertiary/aromatic N) is 12. The Morgan fingerprint density at radius 3 is 1.12 bits per heavy atom. The molecule has 147 heavy (non-hydrogen) atoms. The molecule has 16 aromatic rings. The summed E-state index contributed by atoms with van der Waals surface area (Å²) < 4.78 is 116. The van der Waals surface area contributed by atoms with Crippen LogP contribution < -0.4 is 93.2 Å². The highest BCUT2D eigenvalue weighted by Crippen LogP contribution is 2.41. The number of rotatable bonds is 20. The fourth-order valence-electron chi connectivity index (χ4n) is 18.3. The summed E-state index contributed by atoms with van der Waals surface area (Å²) in [5, 5.41) is 22.2. The van der Waals surface area contributed by atoms with E-state index < -0.39 is 111 Å². The molecule has 21 rings (SSSR count). The molecule has 2 saturated heterocycles. The van der Waals surface area contributed by atoms with Gasteiger partial charge in [0.1, 0.15) is 85.5 Å². The van der Waals surface area contributed by atoms with Crippen LogP contribution in [-0.2, 0) is 74.2 Å². The number of ketones is 1. The minimum Gasteiger partial charge on any atom is -0.486 e. The molecule has 0 atom stereocenters. The first-order valence-electron chi connectivity index (χ1n) is 46.8. The number of aliphatic hydroxyl groups is 1. The number of carbonyl (C=O) groups excluding carboxylic acids is 1. The van der Waals surface area contributed by atoms with Crippen molar-refractivity contribution in [2.75, 3.05) is 47.7 Å². The number of halogens is 5. The van der Waals surface area contributed by atoms with Gasteiger partial charge in [-0.2, -0.15) is 0 Å². The van der Waals surface area contributed by atoms with Crippen LogP contribution in [0.1, 0.15) is 99.4 Å². The maximum absolute atomic E-state index is 14.8. The highest BCUT2D eigenvalue weighted by Gasteiger charge is 2.41. The van der Waals surface area contributed by atoms with E-state index in [-0.39, 0.29) is 160 Å². The second-order valence-electron chi connectivity index (χ2n) is 37.6. The molecule has 35 nitrogen and oxygen atoms in total. The summed E-state index contributed by atoms with van der Waals surface area (Å²) >= 11 is 1.99. The highest BCUT2D eigenvalue weighted by molar-refractivity contribution is 14.1. The van der Waals surface area contributed by atoms with Gasteiger partial charge in [0.15, 0.2) is 15.6 Å². The molecule has 3 saturated carbocycles. The molecule has 0 radical (unpaired) electrons. The molecule has 2 aliphatic heterocycles. The number of pyridine rings is 4. The Hall–Kier alpha value is -15.7. The monoisotopic (exact) mass is 2130 g/mol. The van der Waals surface area contributed by atoms with E-state index in [4.69, 9.17) is 14.2 Å². The zero-order valence-corrected chi connectivity index (χ0v) is 85.0. The number of hydrogen-bond donors (Lipinski definition) is 5. The van der Waals surface area contributed by atoms with Crippen LogP contribution in [0.25, 0.3) is 66.4 Å². The van der Waals surface area contributed by atoms with Gasteiger partial charge < -0.3 is 40.6 Å². The molecule has 758 valence electrons. The van der Waals surface area contributed by atoms with Gasteiger partial charge in [-0.25, -0.2) is 45.2 Å². The van der Waals surface area contributed by atoms with Gasteiger partial charge in [0.2, 0.25) is 0 Å². The van der Waals surface area contributed by atoms with Gasteiger partial charge in [-0.3, -0.25) is 98.0 Å². The van der Waals surface area contributed by atoms with E-state index in [0.717, 1.165) is 36.7 Å². The van der Waals surface area contributed by atoms with Crippen LogP contribution in [0.15, 0.2) is 232 Å². The smallest absolute Gasteiger partial charge is 0.336 e. The van der Waals surface area contributed by atoms with E-state index in [0.29, 0.717) is 87.5 Å².